The largest absolute Gasteiger partial charge is 0.507 e. The maximum atomic E-state index is 15.7. The van der Waals surface area contributed by atoms with E-state index in [9.17, 15) is 5.11 Å². The van der Waals surface area contributed by atoms with Crippen molar-refractivity contribution >= 4 is 5.82 Å². The highest BCUT2D eigenvalue weighted by Crippen LogP contribution is 2.57. The minimum absolute atomic E-state index is 0.0258. The summed E-state index contributed by atoms with van der Waals surface area (Å²) in [6.45, 7) is 4.53. The van der Waals surface area contributed by atoms with Crippen molar-refractivity contribution in [3.63, 3.8) is 0 Å². The van der Waals surface area contributed by atoms with Crippen molar-refractivity contribution < 1.29 is 19.0 Å². The van der Waals surface area contributed by atoms with Crippen LogP contribution in [0.15, 0.2) is 36.7 Å². The third kappa shape index (κ3) is 3.81. The molecule has 1 aliphatic heterocycles. The Hall–Kier alpha value is -3.49. The quantitative estimate of drug-likeness (QED) is 0.534. The molecule has 1 aromatic carbocycles. The molecule has 1 N–H and O–H groups in total. The van der Waals surface area contributed by atoms with Crippen molar-refractivity contribution in [1.29, 1.82) is 0 Å². The van der Waals surface area contributed by atoms with E-state index in [1.807, 2.05) is 24.1 Å². The number of nitrogens with zero attached hydrogens (tertiary/aromatic N) is 5. The third-order valence-corrected chi connectivity index (χ3v) is 8.27. The topological polar surface area (TPSA) is 93.5 Å². The van der Waals surface area contributed by atoms with Gasteiger partial charge in [0.15, 0.2) is 17.4 Å². The van der Waals surface area contributed by atoms with Crippen LogP contribution >= 0.6 is 0 Å². The lowest BCUT2D eigenvalue weighted by Crippen LogP contribution is -2.57. The van der Waals surface area contributed by atoms with Crippen LogP contribution in [0.1, 0.15) is 46.0 Å². The van der Waals surface area contributed by atoms with Crippen LogP contribution < -0.4 is 14.4 Å². The Kier molecular flexibility index (Phi) is 5.28. The first kappa shape index (κ1) is 22.9. The van der Waals surface area contributed by atoms with E-state index in [2.05, 4.69) is 34.0 Å². The lowest BCUT2D eigenvalue weighted by molar-refractivity contribution is -0.0540. The van der Waals surface area contributed by atoms with Crippen LogP contribution in [0.5, 0.6) is 17.4 Å². The number of aromatic nitrogens is 4. The number of ether oxygens (including phenoxy) is 2. The second kappa shape index (κ2) is 8.28. The Morgan fingerprint density at radius 2 is 1.92 bits per heavy atom. The molecule has 0 radical (unpaired) electrons. The molecule has 2 bridgehead atoms. The first-order valence-corrected chi connectivity index (χ1v) is 12.4. The molecule has 3 heterocycles. The van der Waals surface area contributed by atoms with Crippen molar-refractivity contribution in [3.05, 3.63) is 36.7 Å². The summed E-state index contributed by atoms with van der Waals surface area (Å²) in [5, 5.41) is 19.4. The van der Waals surface area contributed by atoms with E-state index in [0.29, 0.717) is 28.8 Å². The van der Waals surface area contributed by atoms with Crippen LogP contribution in [-0.2, 0) is 0 Å². The van der Waals surface area contributed by atoms with Crippen LogP contribution in [0.4, 0.5) is 10.2 Å². The maximum absolute atomic E-state index is 15.7. The lowest BCUT2D eigenvalue weighted by atomic mass is 9.54. The fraction of sp³-hybridized carbons (Fsp3) is 0.481. The van der Waals surface area contributed by atoms with E-state index in [1.165, 1.54) is 0 Å². The van der Waals surface area contributed by atoms with Crippen LogP contribution in [0.25, 0.3) is 22.5 Å². The predicted octanol–water partition coefficient (Wildman–Crippen LogP) is 5.17. The van der Waals surface area contributed by atoms with E-state index < -0.39 is 6.17 Å². The lowest BCUT2D eigenvalue weighted by Gasteiger charge is -2.55. The molecule has 36 heavy (non-hydrogen) atoms. The Labute approximate surface area is 209 Å². The Balaban J connectivity index is 1.22. The molecule has 3 aromatic rings. The van der Waals surface area contributed by atoms with Crippen LogP contribution in [-0.4, -0.2) is 51.3 Å². The molecule has 2 fully saturated rings. The van der Waals surface area contributed by atoms with Crippen molar-refractivity contribution in [2.45, 2.75) is 58.2 Å². The highest BCUT2D eigenvalue weighted by Gasteiger charge is 2.54. The van der Waals surface area contributed by atoms with E-state index in [0.717, 1.165) is 43.2 Å². The first-order chi connectivity index (χ1) is 17.2. The van der Waals surface area contributed by atoms with Gasteiger partial charge in [-0.05, 0) is 54.9 Å². The van der Waals surface area contributed by atoms with E-state index >= 15 is 4.39 Å². The molecule has 2 aromatic heterocycles. The zero-order chi connectivity index (χ0) is 25.1. The number of aromatic hydroxyl groups is 1. The van der Waals surface area contributed by atoms with Gasteiger partial charge in [0.05, 0.1) is 17.8 Å². The highest BCUT2D eigenvalue weighted by atomic mass is 19.1. The average Bonchev–Trinajstić information content (AvgIpc) is 3.34. The van der Waals surface area contributed by atoms with Crippen LogP contribution in [0.2, 0.25) is 0 Å². The van der Waals surface area contributed by atoms with Gasteiger partial charge < -0.3 is 19.5 Å². The van der Waals surface area contributed by atoms with Crippen LogP contribution in [0.3, 0.4) is 0 Å². The molecule has 2 aliphatic carbocycles. The average molecular weight is 492 g/mol. The number of fused-ring (bicyclic) bond motifs is 3. The molecule has 8 nitrogen and oxygen atoms in total. The number of phenols is 1. The number of benzene rings is 1. The molecule has 188 valence electrons. The summed E-state index contributed by atoms with van der Waals surface area (Å²) < 4.78 is 26.3. The number of anilines is 1. The summed E-state index contributed by atoms with van der Waals surface area (Å²) in [5.74, 6) is 1.89. The van der Waals surface area contributed by atoms with Crippen LogP contribution in [0, 0.1) is 10.8 Å². The van der Waals surface area contributed by atoms with Gasteiger partial charge in [-0.15, -0.1) is 10.2 Å². The van der Waals surface area contributed by atoms with Gasteiger partial charge in [0, 0.05) is 24.2 Å². The Bertz CT molecular complexity index is 1310. The van der Waals surface area contributed by atoms with E-state index in [-0.39, 0.29) is 29.4 Å². The van der Waals surface area contributed by atoms with Crippen molar-refractivity contribution in [2.75, 3.05) is 18.7 Å². The zero-order valence-electron chi connectivity index (χ0n) is 20.7. The second-order valence-electron chi connectivity index (χ2n) is 11.1. The minimum Gasteiger partial charge on any atom is -0.507 e. The molecule has 0 amide bonds. The van der Waals surface area contributed by atoms with Gasteiger partial charge in [-0.3, -0.25) is 0 Å². The van der Waals surface area contributed by atoms with Crippen molar-refractivity contribution in [3.8, 4) is 39.9 Å². The molecule has 0 unspecified atom stereocenters. The minimum atomic E-state index is -0.931. The first-order valence-electron chi connectivity index (χ1n) is 12.4. The smallest absolute Gasteiger partial charge is 0.260 e. The van der Waals surface area contributed by atoms with E-state index in [1.54, 1.807) is 24.5 Å². The van der Waals surface area contributed by atoms with E-state index in [4.69, 9.17) is 9.47 Å². The Morgan fingerprint density at radius 3 is 2.69 bits per heavy atom. The summed E-state index contributed by atoms with van der Waals surface area (Å²) in [4.78, 5) is 10.6. The number of alkyl halides is 1. The van der Waals surface area contributed by atoms with Crippen molar-refractivity contribution in [1.82, 2.24) is 20.2 Å². The van der Waals surface area contributed by atoms with Gasteiger partial charge in [0.2, 0.25) is 6.79 Å². The summed E-state index contributed by atoms with van der Waals surface area (Å²) in [7, 11) is 1.88. The summed E-state index contributed by atoms with van der Waals surface area (Å²) in [6.07, 6.45) is 7.23. The standard InChI is InChI=1S/C27H30FN5O3/c1-26-7-4-8-27(2,14-26)23(28)19(11-26)33(3)22-13-29-24(32-31-22)18-6-5-16(9-20(18)34)17-10-21-25(30-12-17)36-15-35-21/h5-6,9-10,12-13,19,23,34H,4,7-8,11,14-15H2,1-3H3/t19-,23-,26-,27-/m1/s1. The fourth-order valence-electron chi connectivity index (χ4n) is 6.46. The molecule has 6 rings (SSSR count). The third-order valence-electron chi connectivity index (χ3n) is 8.27. The summed E-state index contributed by atoms with van der Waals surface area (Å²) in [5.41, 5.74) is 1.87. The van der Waals surface area contributed by atoms with Gasteiger partial charge in [-0.1, -0.05) is 26.3 Å². The molecule has 0 saturated heterocycles. The number of hydrogen-bond donors (Lipinski definition) is 1. The molecular weight excluding hydrogens is 461 g/mol. The van der Waals surface area contributed by atoms with Crippen molar-refractivity contribution in [2.24, 2.45) is 10.8 Å². The predicted molar refractivity (Wildman–Crippen MR) is 133 cm³/mol. The molecule has 9 heteroatoms. The number of rotatable bonds is 4. The summed E-state index contributed by atoms with van der Waals surface area (Å²) >= 11 is 0. The van der Waals surface area contributed by atoms with Gasteiger partial charge in [0.1, 0.15) is 11.9 Å². The molecule has 0 spiro atoms. The molecule has 4 atom stereocenters. The molecule has 2 saturated carbocycles. The van der Waals surface area contributed by atoms with Gasteiger partial charge in [-0.25, -0.2) is 14.4 Å². The summed E-state index contributed by atoms with van der Waals surface area (Å²) in [6, 6.07) is 6.79. The zero-order valence-corrected chi connectivity index (χ0v) is 20.7. The van der Waals surface area contributed by atoms with Gasteiger partial charge in [-0.2, -0.15) is 0 Å². The number of phenolic OH excluding ortho intramolecular Hbond substituents is 1. The number of hydrogen-bond acceptors (Lipinski definition) is 8. The molecule has 3 aliphatic rings. The molecular formula is C27H30FN5O3. The number of halogens is 1. The normalized spacial score (nSPS) is 28.7. The monoisotopic (exact) mass is 491 g/mol. The van der Waals surface area contributed by atoms with Gasteiger partial charge in [0.25, 0.3) is 5.88 Å². The fourth-order valence-corrected chi connectivity index (χ4v) is 6.46. The van der Waals surface area contributed by atoms with Gasteiger partial charge >= 0.3 is 0 Å². The second-order valence-corrected chi connectivity index (χ2v) is 11.1. The highest BCUT2D eigenvalue weighted by molar-refractivity contribution is 5.73. The maximum Gasteiger partial charge on any atom is 0.260 e. The number of pyridine rings is 1. The Morgan fingerprint density at radius 1 is 1.06 bits per heavy atom. The SMILES string of the molecule is CN(c1cnc(-c2ccc(-c3cnc4c(c3)OCO4)cc2O)nn1)[C@@H]1C[C@@]2(C)CCC[C@](C)(C2)[C@@H]1F.